The first-order chi connectivity index (χ1) is 19.8. The van der Waals surface area contributed by atoms with E-state index in [2.05, 4.69) is 121 Å². The number of benzene rings is 7. The zero-order valence-electron chi connectivity index (χ0n) is 21.5. The van der Waals surface area contributed by atoms with Crippen molar-refractivity contribution in [1.82, 2.24) is 0 Å². The van der Waals surface area contributed by atoms with Crippen molar-refractivity contribution in [3.63, 3.8) is 0 Å². The van der Waals surface area contributed by atoms with Gasteiger partial charge in [0.25, 0.3) is 0 Å². The van der Waals surface area contributed by atoms with Gasteiger partial charge in [-0.1, -0.05) is 84.9 Å². The van der Waals surface area contributed by atoms with E-state index < -0.39 is 0 Å². The molecule has 0 N–H and O–H groups in total. The van der Waals surface area contributed by atoms with Crippen LogP contribution < -0.4 is 4.74 Å². The Kier molecular flexibility index (Phi) is 4.36. The maximum absolute atomic E-state index is 6.60. The van der Waals surface area contributed by atoms with Gasteiger partial charge in [-0.15, -0.1) is 0 Å². The van der Waals surface area contributed by atoms with Crippen LogP contribution >= 0.6 is 0 Å². The lowest BCUT2D eigenvalue weighted by Crippen LogP contribution is -1.98. The molecule has 1 aliphatic heterocycles. The fourth-order valence-corrected chi connectivity index (χ4v) is 6.32. The summed E-state index contributed by atoms with van der Waals surface area (Å²) in [6, 6.07) is 47.2. The standard InChI is InChI=1S/C38H22O2/c1-2-7-23(8-3-1)24-13-14-27-21-33-29-17-15-26(22-37(29)40-36-12-6-10-30(38(33)36)31(27)19-24)25-16-18-35-32(20-25)28-9-4-5-11-34(28)39-35/h1-22H. The molecule has 0 atom stereocenters. The highest BCUT2D eigenvalue weighted by atomic mass is 16.5. The van der Waals surface area contributed by atoms with Gasteiger partial charge in [-0.2, -0.15) is 0 Å². The predicted molar refractivity (Wildman–Crippen MR) is 165 cm³/mol. The van der Waals surface area contributed by atoms with E-state index in [9.17, 15) is 0 Å². The van der Waals surface area contributed by atoms with E-state index >= 15 is 0 Å². The summed E-state index contributed by atoms with van der Waals surface area (Å²) < 4.78 is 12.6. The SMILES string of the molecule is c1ccc(-c2ccc3cc4c5c(cccc5c3c2)Oc2cc(-c3ccc5oc6ccccc6c5c3)ccc2-4)cc1. The zero-order valence-corrected chi connectivity index (χ0v) is 21.5. The van der Waals surface area contributed by atoms with Crippen molar-refractivity contribution in [3.8, 4) is 44.9 Å². The summed E-state index contributed by atoms with van der Waals surface area (Å²) in [5.41, 5.74) is 8.86. The quantitative estimate of drug-likeness (QED) is 0.216. The van der Waals surface area contributed by atoms with E-state index in [1.165, 1.54) is 38.2 Å². The van der Waals surface area contributed by atoms with Gasteiger partial charge in [0.15, 0.2) is 0 Å². The van der Waals surface area contributed by atoms with Crippen LogP contribution in [0.25, 0.3) is 76.9 Å². The largest absolute Gasteiger partial charge is 0.456 e. The van der Waals surface area contributed by atoms with Crippen molar-refractivity contribution in [2.24, 2.45) is 0 Å². The minimum Gasteiger partial charge on any atom is -0.456 e. The molecule has 0 aliphatic carbocycles. The lowest BCUT2D eigenvalue weighted by Gasteiger charge is -2.23. The summed E-state index contributed by atoms with van der Waals surface area (Å²) in [5.74, 6) is 1.79. The Morgan fingerprint density at radius 2 is 1.10 bits per heavy atom. The Bertz CT molecular complexity index is 2290. The second-order valence-electron chi connectivity index (χ2n) is 10.5. The molecule has 0 unspecified atom stereocenters. The van der Waals surface area contributed by atoms with Crippen LogP contribution in [-0.2, 0) is 0 Å². The highest BCUT2D eigenvalue weighted by Gasteiger charge is 2.22. The second-order valence-corrected chi connectivity index (χ2v) is 10.5. The molecule has 2 heteroatoms. The van der Waals surface area contributed by atoms with Crippen molar-refractivity contribution < 1.29 is 9.15 Å². The number of hydrogen-bond donors (Lipinski definition) is 0. The second kappa shape index (κ2) is 8.08. The summed E-state index contributed by atoms with van der Waals surface area (Å²) in [5, 5.41) is 7.13. The molecule has 2 heterocycles. The molecule has 40 heavy (non-hydrogen) atoms. The monoisotopic (exact) mass is 510 g/mol. The summed E-state index contributed by atoms with van der Waals surface area (Å²) >= 11 is 0. The van der Waals surface area contributed by atoms with Crippen molar-refractivity contribution in [2.75, 3.05) is 0 Å². The molecule has 0 spiro atoms. The number of furan rings is 1. The summed E-state index contributed by atoms with van der Waals surface area (Å²) in [4.78, 5) is 0. The molecule has 7 aromatic carbocycles. The van der Waals surface area contributed by atoms with Gasteiger partial charge in [0, 0.05) is 21.7 Å². The Labute approximate surface area is 230 Å². The minimum absolute atomic E-state index is 0.884. The van der Waals surface area contributed by atoms with Gasteiger partial charge < -0.3 is 9.15 Å². The van der Waals surface area contributed by atoms with Crippen molar-refractivity contribution in [1.29, 1.82) is 0 Å². The fourth-order valence-electron chi connectivity index (χ4n) is 6.32. The first-order valence-corrected chi connectivity index (χ1v) is 13.6. The third-order valence-corrected chi connectivity index (χ3v) is 8.25. The van der Waals surface area contributed by atoms with Crippen LogP contribution in [0.3, 0.4) is 0 Å². The van der Waals surface area contributed by atoms with Crippen molar-refractivity contribution >= 4 is 43.5 Å². The van der Waals surface area contributed by atoms with E-state index in [0.717, 1.165) is 50.1 Å². The van der Waals surface area contributed by atoms with Gasteiger partial charge in [-0.3, -0.25) is 0 Å². The lowest BCUT2D eigenvalue weighted by atomic mass is 9.88. The van der Waals surface area contributed by atoms with Gasteiger partial charge >= 0.3 is 0 Å². The van der Waals surface area contributed by atoms with E-state index in [1.54, 1.807) is 0 Å². The highest BCUT2D eigenvalue weighted by Crippen LogP contribution is 2.50. The van der Waals surface area contributed by atoms with E-state index in [1.807, 2.05) is 12.1 Å². The smallest absolute Gasteiger partial charge is 0.135 e. The highest BCUT2D eigenvalue weighted by molar-refractivity contribution is 6.18. The molecule has 0 saturated heterocycles. The van der Waals surface area contributed by atoms with E-state index in [-0.39, 0.29) is 0 Å². The Balaban J connectivity index is 1.21. The molecule has 0 amide bonds. The van der Waals surface area contributed by atoms with Crippen LogP contribution in [0.4, 0.5) is 0 Å². The minimum atomic E-state index is 0.884. The first-order valence-electron chi connectivity index (χ1n) is 13.6. The Morgan fingerprint density at radius 3 is 2.05 bits per heavy atom. The van der Waals surface area contributed by atoms with Crippen molar-refractivity contribution in [2.45, 2.75) is 0 Å². The fraction of sp³-hybridized carbons (Fsp3) is 0. The van der Waals surface area contributed by atoms with Crippen LogP contribution in [0, 0.1) is 0 Å². The Morgan fingerprint density at radius 1 is 0.375 bits per heavy atom. The van der Waals surface area contributed by atoms with Crippen LogP contribution in [0.5, 0.6) is 11.5 Å². The molecule has 8 aromatic rings. The van der Waals surface area contributed by atoms with E-state index in [4.69, 9.17) is 9.15 Å². The zero-order chi connectivity index (χ0) is 26.2. The van der Waals surface area contributed by atoms with Crippen LogP contribution in [-0.4, -0.2) is 0 Å². The molecule has 0 saturated carbocycles. The Hall–Kier alpha value is -5.34. The predicted octanol–water partition coefficient (Wildman–Crippen LogP) is 11.0. The maximum Gasteiger partial charge on any atom is 0.135 e. The third kappa shape index (κ3) is 3.11. The van der Waals surface area contributed by atoms with Crippen LogP contribution in [0.1, 0.15) is 0 Å². The third-order valence-electron chi connectivity index (χ3n) is 8.25. The molecule has 1 aliphatic rings. The van der Waals surface area contributed by atoms with E-state index in [0.29, 0.717) is 0 Å². The summed E-state index contributed by atoms with van der Waals surface area (Å²) in [6.45, 7) is 0. The topological polar surface area (TPSA) is 22.4 Å². The van der Waals surface area contributed by atoms with Gasteiger partial charge in [0.1, 0.15) is 22.7 Å². The first kappa shape index (κ1) is 21.6. The number of fused-ring (bicyclic) bond motifs is 7. The van der Waals surface area contributed by atoms with Gasteiger partial charge in [0.05, 0.1) is 0 Å². The average Bonchev–Trinajstić information content (AvgIpc) is 3.39. The molecule has 2 nitrogen and oxygen atoms in total. The number of rotatable bonds is 2. The molecule has 0 fully saturated rings. The molecular formula is C38H22O2. The van der Waals surface area contributed by atoms with Crippen LogP contribution in [0.2, 0.25) is 0 Å². The summed E-state index contributed by atoms with van der Waals surface area (Å²) in [6.07, 6.45) is 0. The number of para-hydroxylation sites is 1. The molecule has 0 bridgehead atoms. The number of ether oxygens (including phenoxy) is 1. The molecular weight excluding hydrogens is 488 g/mol. The number of hydrogen-bond acceptors (Lipinski definition) is 2. The van der Waals surface area contributed by atoms with Gasteiger partial charge in [-0.05, 0) is 92.5 Å². The molecule has 1 aromatic heterocycles. The normalized spacial score (nSPS) is 12.2. The molecule has 186 valence electrons. The summed E-state index contributed by atoms with van der Waals surface area (Å²) in [7, 11) is 0. The van der Waals surface area contributed by atoms with Crippen LogP contribution in [0.15, 0.2) is 138 Å². The van der Waals surface area contributed by atoms with Gasteiger partial charge in [0.2, 0.25) is 0 Å². The van der Waals surface area contributed by atoms with Gasteiger partial charge in [-0.25, -0.2) is 0 Å². The average molecular weight is 511 g/mol. The maximum atomic E-state index is 6.60. The molecule has 9 rings (SSSR count). The lowest BCUT2D eigenvalue weighted by molar-refractivity contribution is 0.487. The van der Waals surface area contributed by atoms with Crippen molar-refractivity contribution in [3.05, 3.63) is 133 Å². The molecule has 0 radical (unpaired) electrons.